The Morgan fingerprint density at radius 2 is 1.55 bits per heavy atom. The second-order valence-electron chi connectivity index (χ2n) is 9.05. The second kappa shape index (κ2) is 10.4. The van der Waals surface area contributed by atoms with Crippen LogP contribution < -0.4 is 0 Å². The highest BCUT2D eigenvalue weighted by molar-refractivity contribution is 5.84. The number of unbranched alkanes of at least 4 members (excludes halogenated alkanes) is 2. The van der Waals surface area contributed by atoms with Crippen molar-refractivity contribution in [2.45, 2.75) is 64.2 Å². The maximum atomic E-state index is 14.7. The lowest BCUT2D eigenvalue weighted by molar-refractivity contribution is 0.366. The van der Waals surface area contributed by atoms with Crippen molar-refractivity contribution in [2.75, 3.05) is 0 Å². The molecule has 172 valence electrons. The number of halogens is 4. The van der Waals surface area contributed by atoms with Crippen LogP contribution in [0.2, 0.25) is 0 Å². The highest BCUT2D eigenvalue weighted by Crippen LogP contribution is 2.38. The highest BCUT2D eigenvalue weighted by Gasteiger charge is 2.26. The first kappa shape index (κ1) is 23.4. The summed E-state index contributed by atoms with van der Waals surface area (Å²) < 4.78 is 56.7. The Balaban J connectivity index is 1.40. The molecule has 0 bridgehead atoms. The molecule has 1 fully saturated rings. The third-order valence-corrected chi connectivity index (χ3v) is 6.67. The van der Waals surface area contributed by atoms with E-state index >= 15 is 0 Å². The van der Waals surface area contributed by atoms with Crippen LogP contribution in [0, 0.1) is 41.0 Å². The summed E-state index contributed by atoms with van der Waals surface area (Å²) in [6.07, 6.45) is 6.75. The number of hydrogen-bond acceptors (Lipinski definition) is 0. The van der Waals surface area contributed by atoms with Gasteiger partial charge < -0.3 is 0 Å². The minimum absolute atomic E-state index is 0.119. The monoisotopic (exact) mass is 452 g/mol. The fourth-order valence-corrected chi connectivity index (χ4v) is 4.81. The summed E-state index contributed by atoms with van der Waals surface area (Å²) in [5.41, 5.74) is 1.70. The Kier molecular flexibility index (Phi) is 7.38. The molecular formula is C29H28F4. The van der Waals surface area contributed by atoms with Crippen LogP contribution in [0.4, 0.5) is 17.6 Å². The number of rotatable bonds is 5. The van der Waals surface area contributed by atoms with Crippen LogP contribution in [0.15, 0.2) is 42.5 Å². The number of hydrogen-bond donors (Lipinski definition) is 0. The Hall–Kier alpha value is -2.80. The molecule has 0 nitrogen and oxygen atoms in total. The lowest BCUT2D eigenvalue weighted by Gasteiger charge is -2.26. The SMILES string of the molecule is CCCCCc1cc(F)c(C2CCC(C#Cc3ccc4c(F)c(F)ccc4c3)CC2)c(F)c1. The average Bonchev–Trinajstić information content (AvgIpc) is 2.81. The van der Waals surface area contributed by atoms with Crippen LogP contribution in [0.3, 0.4) is 0 Å². The van der Waals surface area contributed by atoms with E-state index in [1.165, 1.54) is 12.1 Å². The predicted molar refractivity (Wildman–Crippen MR) is 125 cm³/mol. The van der Waals surface area contributed by atoms with Gasteiger partial charge in [0.05, 0.1) is 0 Å². The van der Waals surface area contributed by atoms with Crippen molar-refractivity contribution >= 4 is 10.8 Å². The van der Waals surface area contributed by atoms with Gasteiger partial charge in [-0.05, 0) is 85.7 Å². The van der Waals surface area contributed by atoms with Crippen LogP contribution in [0.1, 0.15) is 74.5 Å². The lowest BCUT2D eigenvalue weighted by Crippen LogP contribution is -2.15. The van der Waals surface area contributed by atoms with E-state index in [4.69, 9.17) is 0 Å². The van der Waals surface area contributed by atoms with Gasteiger partial charge in [0.2, 0.25) is 0 Å². The van der Waals surface area contributed by atoms with E-state index in [0.29, 0.717) is 24.6 Å². The van der Waals surface area contributed by atoms with Gasteiger partial charge >= 0.3 is 0 Å². The quantitative estimate of drug-likeness (QED) is 0.207. The molecule has 0 amide bonds. The van der Waals surface area contributed by atoms with E-state index in [0.717, 1.165) is 49.3 Å². The molecule has 1 aliphatic carbocycles. The summed E-state index contributed by atoms with van der Waals surface area (Å²) in [4.78, 5) is 0. The Morgan fingerprint density at radius 3 is 2.24 bits per heavy atom. The first-order valence-corrected chi connectivity index (χ1v) is 11.8. The van der Waals surface area contributed by atoms with Crippen molar-refractivity contribution in [2.24, 2.45) is 5.92 Å². The molecule has 0 radical (unpaired) electrons. The van der Waals surface area contributed by atoms with Gasteiger partial charge in [0.1, 0.15) is 11.6 Å². The van der Waals surface area contributed by atoms with Gasteiger partial charge in [0.25, 0.3) is 0 Å². The topological polar surface area (TPSA) is 0 Å². The van der Waals surface area contributed by atoms with Gasteiger partial charge in [0.15, 0.2) is 11.6 Å². The Bertz CT molecular complexity index is 1170. The maximum Gasteiger partial charge on any atom is 0.166 e. The summed E-state index contributed by atoms with van der Waals surface area (Å²) in [6.45, 7) is 2.11. The summed E-state index contributed by atoms with van der Waals surface area (Å²) in [5, 5.41) is 0.843. The molecule has 0 unspecified atom stereocenters. The fraction of sp³-hybridized carbons (Fsp3) is 0.379. The molecule has 0 heterocycles. The van der Waals surface area contributed by atoms with Crippen molar-refractivity contribution in [3.63, 3.8) is 0 Å². The number of benzene rings is 3. The molecule has 1 aliphatic rings. The van der Waals surface area contributed by atoms with Crippen LogP contribution in [-0.4, -0.2) is 0 Å². The largest absolute Gasteiger partial charge is 0.207 e. The van der Waals surface area contributed by atoms with E-state index in [-0.39, 0.29) is 22.8 Å². The van der Waals surface area contributed by atoms with Crippen molar-refractivity contribution in [1.82, 2.24) is 0 Å². The zero-order valence-electron chi connectivity index (χ0n) is 18.9. The van der Waals surface area contributed by atoms with E-state index in [9.17, 15) is 17.6 Å². The summed E-state index contributed by atoms with van der Waals surface area (Å²) >= 11 is 0. The van der Waals surface area contributed by atoms with Crippen LogP contribution in [0.25, 0.3) is 10.8 Å². The molecule has 0 spiro atoms. The maximum absolute atomic E-state index is 14.7. The highest BCUT2D eigenvalue weighted by atomic mass is 19.2. The third kappa shape index (κ3) is 5.41. The third-order valence-electron chi connectivity index (χ3n) is 6.67. The molecule has 0 aromatic heterocycles. The van der Waals surface area contributed by atoms with Crippen molar-refractivity contribution < 1.29 is 17.6 Å². The van der Waals surface area contributed by atoms with Gasteiger partial charge in [-0.15, -0.1) is 0 Å². The molecule has 0 N–H and O–H groups in total. The van der Waals surface area contributed by atoms with Gasteiger partial charge in [-0.2, -0.15) is 0 Å². The number of aryl methyl sites for hydroxylation is 1. The van der Waals surface area contributed by atoms with Gasteiger partial charge in [-0.25, -0.2) is 17.6 Å². The minimum atomic E-state index is -0.864. The summed E-state index contributed by atoms with van der Waals surface area (Å²) in [7, 11) is 0. The van der Waals surface area contributed by atoms with Gasteiger partial charge in [0, 0.05) is 22.4 Å². The first-order valence-electron chi connectivity index (χ1n) is 11.8. The molecule has 3 aromatic carbocycles. The number of fused-ring (bicyclic) bond motifs is 1. The molecule has 0 atom stereocenters. The Morgan fingerprint density at radius 1 is 0.818 bits per heavy atom. The minimum Gasteiger partial charge on any atom is -0.207 e. The van der Waals surface area contributed by atoms with E-state index in [1.54, 1.807) is 24.3 Å². The zero-order valence-corrected chi connectivity index (χ0v) is 18.9. The summed E-state index contributed by atoms with van der Waals surface area (Å²) in [5.74, 6) is 3.88. The Labute approximate surface area is 193 Å². The molecule has 1 saturated carbocycles. The summed E-state index contributed by atoms with van der Waals surface area (Å²) in [6, 6.07) is 10.7. The van der Waals surface area contributed by atoms with Gasteiger partial charge in [-0.3, -0.25) is 0 Å². The first-order chi connectivity index (χ1) is 16.0. The lowest BCUT2D eigenvalue weighted by atomic mass is 9.78. The normalized spacial score (nSPS) is 18.2. The van der Waals surface area contributed by atoms with Crippen molar-refractivity contribution in [3.8, 4) is 11.8 Å². The predicted octanol–water partition coefficient (Wildman–Crippen LogP) is 8.45. The van der Waals surface area contributed by atoms with Crippen LogP contribution in [-0.2, 0) is 6.42 Å². The van der Waals surface area contributed by atoms with E-state index < -0.39 is 23.3 Å². The molecule has 3 aromatic rings. The standard InChI is InChI=1S/C29H28F4/c1-2-3-4-5-21-17-26(31)28(27(32)18-21)22-11-8-19(9-12-22)6-7-20-10-14-24-23(16-20)13-15-25(30)29(24)33/h10,13-19,22H,2-5,8-9,11-12H2,1H3. The smallest absolute Gasteiger partial charge is 0.166 e. The molecule has 0 saturated heterocycles. The molecule has 4 heteroatoms. The molecule has 33 heavy (non-hydrogen) atoms. The van der Waals surface area contributed by atoms with Crippen LogP contribution >= 0.6 is 0 Å². The van der Waals surface area contributed by atoms with E-state index in [2.05, 4.69) is 18.8 Å². The zero-order chi connectivity index (χ0) is 23.4. The molecule has 4 rings (SSSR count). The van der Waals surface area contributed by atoms with Crippen molar-refractivity contribution in [3.05, 3.63) is 82.4 Å². The molecule has 0 aliphatic heterocycles. The molecular weight excluding hydrogens is 424 g/mol. The van der Waals surface area contributed by atoms with Crippen LogP contribution in [0.5, 0.6) is 0 Å². The second-order valence-corrected chi connectivity index (χ2v) is 9.05. The van der Waals surface area contributed by atoms with E-state index in [1.807, 2.05) is 0 Å². The van der Waals surface area contributed by atoms with Crippen molar-refractivity contribution in [1.29, 1.82) is 0 Å². The van der Waals surface area contributed by atoms with Gasteiger partial charge in [-0.1, -0.05) is 43.7 Å². The average molecular weight is 453 g/mol. The fourth-order valence-electron chi connectivity index (χ4n) is 4.81.